The highest BCUT2D eigenvalue weighted by Crippen LogP contribution is 2.28. The van der Waals surface area contributed by atoms with Gasteiger partial charge in [-0.1, -0.05) is 12.2 Å². The molecule has 0 spiro atoms. The summed E-state index contributed by atoms with van der Waals surface area (Å²) in [6.45, 7) is 0. The minimum absolute atomic E-state index is 0.155. The summed E-state index contributed by atoms with van der Waals surface area (Å²) in [5.74, 6) is -0.410. The van der Waals surface area contributed by atoms with Crippen LogP contribution in [0, 0.1) is 13.2 Å². The van der Waals surface area contributed by atoms with Gasteiger partial charge in [0.2, 0.25) is 0 Å². The van der Waals surface area contributed by atoms with E-state index in [4.69, 9.17) is 18.0 Å². The van der Waals surface area contributed by atoms with Gasteiger partial charge in [0.15, 0.2) is 5.82 Å². The molecule has 0 bridgehead atoms. The van der Waals surface area contributed by atoms with Gasteiger partial charge in [0, 0.05) is 5.56 Å². The number of thiocarbonyl (C=S) groups is 1. The lowest BCUT2D eigenvalue weighted by atomic mass is 10.2. The lowest BCUT2D eigenvalue weighted by Crippen LogP contribution is -2.12. The molecule has 1 heterocycles. The van der Waals surface area contributed by atoms with E-state index >= 15 is 0 Å². The van der Waals surface area contributed by atoms with E-state index in [1.54, 1.807) is 23.0 Å². The molecule has 0 aliphatic heterocycles. The van der Waals surface area contributed by atoms with Crippen molar-refractivity contribution in [1.29, 1.82) is 0 Å². The molecule has 0 fully saturated rings. The molecule has 0 aliphatic rings. The van der Waals surface area contributed by atoms with Crippen LogP contribution >= 0.6 is 73.3 Å². The van der Waals surface area contributed by atoms with Crippen LogP contribution in [0.1, 0.15) is 5.56 Å². The Hall–Kier alpha value is 0.190. The third-order valence-electron chi connectivity index (χ3n) is 2.26. The third-order valence-corrected chi connectivity index (χ3v) is 6.10. The number of rotatable bonds is 2. The third kappa shape index (κ3) is 2.56. The molecule has 0 radical (unpaired) electrons. The van der Waals surface area contributed by atoms with Crippen LogP contribution in [0.5, 0.6) is 0 Å². The quantitative estimate of drug-likeness (QED) is 0.458. The highest BCUT2D eigenvalue weighted by molar-refractivity contribution is 14.1. The summed E-state index contributed by atoms with van der Waals surface area (Å²) in [6, 6.07) is 3.32. The van der Waals surface area contributed by atoms with Crippen LogP contribution in [0.4, 0.5) is 4.39 Å². The second-order valence-corrected chi connectivity index (χ2v) is 6.60. The Morgan fingerprint density at radius 1 is 1.44 bits per heavy atom. The highest BCUT2D eigenvalue weighted by atomic mass is 127. The molecule has 2 rings (SSSR count). The number of imidazole rings is 1. The average molecular weight is 552 g/mol. The molecule has 2 N–H and O–H groups in total. The van der Waals surface area contributed by atoms with E-state index < -0.39 is 5.82 Å². The smallest absolute Gasteiger partial charge is 0.162 e. The molecule has 0 amide bonds. The Labute approximate surface area is 144 Å². The fourth-order valence-corrected chi connectivity index (χ4v) is 3.15. The first-order chi connectivity index (χ1) is 8.43. The van der Waals surface area contributed by atoms with Crippen LogP contribution in [0.15, 0.2) is 22.9 Å². The second-order valence-electron chi connectivity index (χ2n) is 3.32. The molecule has 94 valence electrons. The maximum Gasteiger partial charge on any atom is 0.162 e. The predicted octanol–water partition coefficient (Wildman–Crippen LogP) is 3.62. The van der Waals surface area contributed by atoms with Crippen LogP contribution in [0.2, 0.25) is 0 Å². The molecule has 2 aromatic rings. The number of hydrogen-bond donors (Lipinski definition) is 1. The van der Waals surface area contributed by atoms with Crippen molar-refractivity contribution in [3.63, 3.8) is 0 Å². The van der Waals surface area contributed by atoms with E-state index in [1.165, 1.54) is 0 Å². The Balaban J connectivity index is 2.64. The Kier molecular flexibility index (Phi) is 4.60. The molecule has 0 saturated carbocycles. The first-order valence-corrected chi connectivity index (χ1v) is 7.96. The van der Waals surface area contributed by atoms with Crippen molar-refractivity contribution in [3.8, 4) is 5.69 Å². The van der Waals surface area contributed by atoms with Gasteiger partial charge >= 0.3 is 0 Å². The summed E-state index contributed by atoms with van der Waals surface area (Å²) in [6.07, 6.45) is 1.58. The fourth-order valence-electron chi connectivity index (χ4n) is 1.40. The van der Waals surface area contributed by atoms with Crippen LogP contribution < -0.4 is 5.73 Å². The fraction of sp³-hybridized carbons (Fsp3) is 0. The molecule has 0 aliphatic carbocycles. The summed E-state index contributed by atoms with van der Waals surface area (Å²) >= 11 is 12.2. The summed E-state index contributed by atoms with van der Waals surface area (Å²) in [4.78, 5) is 4.29. The minimum Gasteiger partial charge on any atom is -0.389 e. The van der Waals surface area contributed by atoms with Crippen molar-refractivity contribution in [2.24, 2.45) is 5.73 Å². The standard InChI is InChI=1S/C10H5BrFI2N3S/c11-6-4(10(15)18)1-2-5(7(6)12)17-3-16-8(13)9(17)14/h1-3H,(H2,15,18). The van der Waals surface area contributed by atoms with Gasteiger partial charge in [-0.2, -0.15) is 0 Å². The van der Waals surface area contributed by atoms with Gasteiger partial charge in [0.25, 0.3) is 0 Å². The average Bonchev–Trinajstić information content (AvgIpc) is 2.63. The van der Waals surface area contributed by atoms with Crippen LogP contribution in [-0.4, -0.2) is 14.5 Å². The summed E-state index contributed by atoms with van der Waals surface area (Å²) in [5, 5.41) is 0. The number of nitrogens with zero attached hydrogens (tertiary/aromatic N) is 2. The summed E-state index contributed by atoms with van der Waals surface area (Å²) in [7, 11) is 0. The molecule has 1 aromatic carbocycles. The number of aromatic nitrogens is 2. The Bertz CT molecular complexity index is 644. The van der Waals surface area contributed by atoms with Gasteiger partial charge in [-0.15, -0.1) is 0 Å². The maximum absolute atomic E-state index is 14.3. The molecule has 0 atom stereocenters. The van der Waals surface area contributed by atoms with Crippen molar-refractivity contribution in [1.82, 2.24) is 9.55 Å². The monoisotopic (exact) mass is 551 g/mol. The lowest BCUT2D eigenvalue weighted by Gasteiger charge is -2.10. The van der Waals surface area contributed by atoms with Gasteiger partial charge in [-0.25, -0.2) is 9.37 Å². The zero-order valence-electron chi connectivity index (χ0n) is 8.62. The van der Waals surface area contributed by atoms with Crippen molar-refractivity contribution < 1.29 is 4.39 Å². The second kappa shape index (κ2) is 5.67. The van der Waals surface area contributed by atoms with E-state index in [9.17, 15) is 4.39 Å². The van der Waals surface area contributed by atoms with E-state index in [0.29, 0.717) is 11.3 Å². The molecular formula is C10H5BrFI2N3S. The number of nitrogens with two attached hydrogens (primary N) is 1. The van der Waals surface area contributed by atoms with E-state index in [1.807, 2.05) is 0 Å². The van der Waals surface area contributed by atoms with Gasteiger partial charge in [0.1, 0.15) is 18.7 Å². The van der Waals surface area contributed by atoms with E-state index in [0.717, 1.165) is 7.40 Å². The van der Waals surface area contributed by atoms with Crippen molar-refractivity contribution in [2.45, 2.75) is 0 Å². The summed E-state index contributed by atoms with van der Waals surface area (Å²) < 4.78 is 17.9. The molecule has 1 aromatic heterocycles. The van der Waals surface area contributed by atoms with Crippen molar-refractivity contribution in [3.05, 3.63) is 41.7 Å². The Morgan fingerprint density at radius 3 is 2.61 bits per heavy atom. The number of benzene rings is 1. The first kappa shape index (κ1) is 14.6. The topological polar surface area (TPSA) is 43.8 Å². The highest BCUT2D eigenvalue weighted by Gasteiger charge is 2.16. The molecular weight excluding hydrogens is 547 g/mol. The van der Waals surface area contributed by atoms with E-state index in [2.05, 4.69) is 66.1 Å². The minimum atomic E-state index is -0.410. The van der Waals surface area contributed by atoms with Crippen molar-refractivity contribution >= 4 is 78.3 Å². The van der Waals surface area contributed by atoms with Gasteiger partial charge < -0.3 is 5.73 Å². The van der Waals surface area contributed by atoms with Crippen LogP contribution in [-0.2, 0) is 0 Å². The maximum atomic E-state index is 14.3. The van der Waals surface area contributed by atoms with Gasteiger partial charge in [-0.3, -0.25) is 4.57 Å². The lowest BCUT2D eigenvalue weighted by molar-refractivity contribution is 0.610. The molecule has 3 nitrogen and oxygen atoms in total. The molecule has 18 heavy (non-hydrogen) atoms. The number of hydrogen-bond acceptors (Lipinski definition) is 2. The molecule has 0 saturated heterocycles. The predicted molar refractivity (Wildman–Crippen MR) is 92.5 cm³/mol. The molecule has 8 heteroatoms. The number of halogens is 4. The van der Waals surface area contributed by atoms with Crippen LogP contribution in [0.3, 0.4) is 0 Å². The first-order valence-electron chi connectivity index (χ1n) is 4.60. The summed E-state index contributed by atoms with van der Waals surface area (Å²) in [5.41, 5.74) is 6.41. The Morgan fingerprint density at radius 2 is 2.11 bits per heavy atom. The van der Waals surface area contributed by atoms with E-state index in [-0.39, 0.29) is 9.46 Å². The van der Waals surface area contributed by atoms with Crippen LogP contribution in [0.25, 0.3) is 5.69 Å². The normalized spacial score (nSPS) is 10.7. The van der Waals surface area contributed by atoms with Gasteiger partial charge in [0.05, 0.1) is 10.2 Å². The molecule has 0 unspecified atom stereocenters. The largest absolute Gasteiger partial charge is 0.389 e. The zero-order chi connectivity index (χ0) is 13.4. The van der Waals surface area contributed by atoms with Gasteiger partial charge in [-0.05, 0) is 73.2 Å². The SMILES string of the molecule is NC(=S)c1ccc(-n2cnc(I)c2I)c(F)c1Br. The van der Waals surface area contributed by atoms with Crippen molar-refractivity contribution in [2.75, 3.05) is 0 Å². The zero-order valence-corrected chi connectivity index (χ0v) is 15.3.